The molecule has 51 valence electrons. The zero-order valence-electron chi connectivity index (χ0n) is 4.08. The molecule has 0 aliphatic heterocycles. The molecule has 0 spiro atoms. The summed E-state index contributed by atoms with van der Waals surface area (Å²) in [7, 11) is 0. The van der Waals surface area contributed by atoms with Crippen molar-refractivity contribution in [3.63, 3.8) is 0 Å². The summed E-state index contributed by atoms with van der Waals surface area (Å²) >= 11 is 0. The second-order valence-electron chi connectivity index (χ2n) is 0. The minimum Gasteiger partial charge on any atom is -0.412 e. The molecule has 0 aromatic carbocycles. The van der Waals surface area contributed by atoms with Gasteiger partial charge < -0.3 is 27.4 Å². The van der Waals surface area contributed by atoms with Crippen LogP contribution in [0.2, 0.25) is 0 Å². The molecule has 0 bridgehead atoms. The van der Waals surface area contributed by atoms with Crippen LogP contribution < -0.4 is 0 Å². The first-order valence-corrected chi connectivity index (χ1v) is 0. The molecule has 0 unspecified atom stereocenters. The molecule has 0 aromatic heterocycles. The van der Waals surface area contributed by atoms with E-state index in [1.807, 2.05) is 0 Å². The predicted octanol–water partition coefficient (Wildman–Crippen LogP) is -4.51. The molecule has 0 fully saturated rings. The van der Waals surface area contributed by atoms with Gasteiger partial charge in [0.15, 0.2) is 0 Å². The topological polar surface area (TPSA) is 158 Å². The van der Waals surface area contributed by atoms with Crippen molar-refractivity contribution in [3.8, 4) is 0 Å². The van der Waals surface area contributed by atoms with Gasteiger partial charge >= 0.3 is 0 Å². The minimum atomic E-state index is 0. The Kier molecular flexibility index (Phi) is 2650. The Bertz CT molecular complexity index is 12.4. The van der Waals surface area contributed by atoms with Crippen molar-refractivity contribution in [2.45, 2.75) is 0 Å². The number of hydrogen-bond acceptors (Lipinski definition) is 0. The fraction of sp³-hybridized carbons (Fsp3) is 0. The normalized spacial score (nSPS) is 0. The second kappa shape index (κ2) is 123. The van der Waals surface area contributed by atoms with Gasteiger partial charge in [0.1, 0.15) is 0 Å². The van der Waals surface area contributed by atoms with E-state index in [-0.39, 0.29) is 106 Å². The molecule has 8 heavy (non-hydrogen) atoms. The molecule has 0 heterocycles. The molecule has 5 radical (unpaired) electrons. The molecule has 0 rings (SSSR count). The maximum atomic E-state index is 0. The average molecular weight is 350 g/mol. The van der Waals surface area contributed by atoms with Crippen LogP contribution in [0.1, 0.15) is 0 Å². The zero-order valence-corrected chi connectivity index (χ0v) is 11.2. The third kappa shape index (κ3) is 85.1. The van der Waals surface area contributed by atoms with Crippen LogP contribution in [0.4, 0.5) is 0 Å². The molecular weight excluding hydrogens is 340 g/mol. The van der Waals surface area contributed by atoms with E-state index < -0.39 is 0 Å². The van der Waals surface area contributed by atoms with E-state index in [9.17, 15) is 0 Å². The molecule has 0 atom stereocenters. The third-order valence-corrected chi connectivity index (χ3v) is 0. The summed E-state index contributed by atoms with van der Waals surface area (Å²) in [5.74, 6) is 0. The minimum absolute atomic E-state index is 0. The molecule has 0 aliphatic carbocycles. The SMILES string of the molecule is O.O.O.O.O.[Pr].[Si].[Zr]. The summed E-state index contributed by atoms with van der Waals surface area (Å²) < 4.78 is 0. The summed E-state index contributed by atoms with van der Waals surface area (Å²) in [6, 6.07) is 0. The molecule has 0 aliphatic rings. The van der Waals surface area contributed by atoms with Crippen molar-refractivity contribution >= 4 is 11.0 Å². The van der Waals surface area contributed by atoms with Gasteiger partial charge in [-0.25, -0.2) is 0 Å². The van der Waals surface area contributed by atoms with Gasteiger partial charge in [0.05, 0.1) is 0 Å². The largest absolute Gasteiger partial charge is 0.412 e. The van der Waals surface area contributed by atoms with Crippen LogP contribution >= 0.6 is 0 Å². The molecule has 0 aromatic rings. The fourth-order valence-corrected chi connectivity index (χ4v) is 0. The summed E-state index contributed by atoms with van der Waals surface area (Å²) in [5, 5.41) is 0. The van der Waals surface area contributed by atoms with Gasteiger partial charge in [0.2, 0.25) is 0 Å². The molecule has 0 saturated carbocycles. The van der Waals surface area contributed by atoms with Crippen LogP contribution in [0.3, 0.4) is 0 Å². The molecule has 0 amide bonds. The van der Waals surface area contributed by atoms with Crippen LogP contribution in [-0.2, 0) is 26.2 Å². The standard InChI is InChI=1S/5H2O.Pr.Si.Zr/h5*1H2;;;. The number of rotatable bonds is 0. The van der Waals surface area contributed by atoms with E-state index >= 15 is 0 Å². The van der Waals surface area contributed by atoms with Gasteiger partial charge in [0, 0.05) is 78.5 Å². The van der Waals surface area contributed by atoms with Crippen LogP contribution in [0, 0.1) is 41.3 Å². The Balaban J connectivity index is 0. The third-order valence-electron chi connectivity index (χ3n) is 0. The first-order chi connectivity index (χ1) is 0. The average Bonchev–Trinajstić information content (AvgIpc) is 0. The zero-order chi connectivity index (χ0) is 0. The van der Waals surface area contributed by atoms with Gasteiger partial charge in [0.25, 0.3) is 0 Å². The predicted molar refractivity (Wildman–Crippen MR) is 23.8 cm³/mol. The fourth-order valence-electron chi connectivity index (χ4n) is 0. The van der Waals surface area contributed by atoms with Crippen molar-refractivity contribution in [2.75, 3.05) is 0 Å². The summed E-state index contributed by atoms with van der Waals surface area (Å²) in [6.45, 7) is 0. The maximum Gasteiger partial charge on any atom is 0 e. The first-order valence-electron chi connectivity index (χ1n) is 0. The van der Waals surface area contributed by atoms with Crippen molar-refractivity contribution in [2.24, 2.45) is 0 Å². The summed E-state index contributed by atoms with van der Waals surface area (Å²) in [4.78, 5) is 0. The van der Waals surface area contributed by atoms with Crippen molar-refractivity contribution in [1.82, 2.24) is 0 Å². The van der Waals surface area contributed by atoms with Crippen LogP contribution in [-0.4, -0.2) is 38.3 Å². The van der Waals surface area contributed by atoms with Gasteiger partial charge in [-0.1, -0.05) is 0 Å². The van der Waals surface area contributed by atoms with E-state index in [2.05, 4.69) is 0 Å². The second-order valence-corrected chi connectivity index (χ2v) is 0. The Morgan fingerprint density at radius 2 is 0.500 bits per heavy atom. The van der Waals surface area contributed by atoms with Crippen molar-refractivity contribution < 1.29 is 94.9 Å². The molecule has 5 nitrogen and oxygen atoms in total. The van der Waals surface area contributed by atoms with Gasteiger partial charge in [-0.2, -0.15) is 0 Å². The van der Waals surface area contributed by atoms with E-state index in [0.29, 0.717) is 0 Å². The Hall–Kier alpha value is 2.26. The van der Waals surface area contributed by atoms with Crippen LogP contribution in [0.5, 0.6) is 0 Å². The first kappa shape index (κ1) is 172. The van der Waals surface area contributed by atoms with Gasteiger partial charge in [-0.3, -0.25) is 0 Å². The van der Waals surface area contributed by atoms with Crippen molar-refractivity contribution in [3.05, 3.63) is 0 Å². The van der Waals surface area contributed by atoms with Gasteiger partial charge in [-0.15, -0.1) is 0 Å². The van der Waals surface area contributed by atoms with Crippen LogP contribution in [0.15, 0.2) is 0 Å². The molecular formula is H10O5PrSiZr. The maximum absolute atomic E-state index is 0. The quantitative estimate of drug-likeness (QED) is 0.386. The van der Waals surface area contributed by atoms with Crippen LogP contribution in [0.25, 0.3) is 0 Å². The van der Waals surface area contributed by atoms with Gasteiger partial charge in [-0.05, 0) is 0 Å². The Morgan fingerprint density at radius 3 is 0.500 bits per heavy atom. The van der Waals surface area contributed by atoms with E-state index in [1.165, 1.54) is 0 Å². The molecule has 10 N–H and O–H groups in total. The van der Waals surface area contributed by atoms with E-state index in [0.717, 1.165) is 0 Å². The Morgan fingerprint density at radius 1 is 0.500 bits per heavy atom. The Labute approximate surface area is 104 Å². The van der Waals surface area contributed by atoms with E-state index in [4.69, 9.17) is 0 Å². The summed E-state index contributed by atoms with van der Waals surface area (Å²) in [6.07, 6.45) is 0. The molecule has 0 saturated heterocycles. The summed E-state index contributed by atoms with van der Waals surface area (Å²) in [5.41, 5.74) is 0. The molecule has 8 heteroatoms. The van der Waals surface area contributed by atoms with Crippen molar-refractivity contribution in [1.29, 1.82) is 0 Å². The monoisotopic (exact) mass is 349 g/mol. The smallest absolute Gasteiger partial charge is 0 e. The number of hydrogen-bond donors (Lipinski definition) is 0. The van der Waals surface area contributed by atoms with E-state index in [1.54, 1.807) is 0 Å².